The van der Waals surface area contributed by atoms with Gasteiger partial charge in [0, 0.05) is 37.0 Å². The first kappa shape index (κ1) is 12.5. The van der Waals surface area contributed by atoms with Gasteiger partial charge in [-0.1, -0.05) is 0 Å². The molecule has 0 bridgehead atoms. The first-order valence-electron chi connectivity index (χ1n) is 5.35. The Hall–Kier alpha value is -1.98. The fraction of sp³-hybridized carbons (Fsp3) is 0.250. The highest BCUT2D eigenvalue weighted by atomic mass is 19.1. The lowest BCUT2D eigenvalue weighted by Crippen LogP contribution is -2.05. The Morgan fingerprint density at radius 2 is 1.83 bits per heavy atom. The van der Waals surface area contributed by atoms with Gasteiger partial charge in [-0.3, -0.25) is 4.68 Å². The van der Waals surface area contributed by atoms with Gasteiger partial charge in [0.05, 0.1) is 6.20 Å². The van der Waals surface area contributed by atoms with Crippen molar-refractivity contribution in [3.63, 3.8) is 0 Å². The van der Waals surface area contributed by atoms with Crippen molar-refractivity contribution < 1.29 is 13.2 Å². The summed E-state index contributed by atoms with van der Waals surface area (Å²) in [5.41, 5.74) is 1.38. The van der Waals surface area contributed by atoms with Crippen molar-refractivity contribution in [2.24, 2.45) is 7.05 Å². The minimum atomic E-state index is -0.950. The molecule has 0 unspecified atom stereocenters. The van der Waals surface area contributed by atoms with Crippen molar-refractivity contribution in [1.82, 2.24) is 9.78 Å². The average molecular weight is 255 g/mol. The molecule has 0 spiro atoms. The zero-order chi connectivity index (χ0) is 13.3. The number of aromatic nitrogens is 2. The van der Waals surface area contributed by atoms with Gasteiger partial charge in [-0.05, 0) is 6.92 Å². The van der Waals surface area contributed by atoms with Crippen LogP contribution in [-0.4, -0.2) is 9.78 Å². The third-order valence-corrected chi connectivity index (χ3v) is 2.80. The maximum atomic E-state index is 13.4. The number of anilines is 1. The smallest absolute Gasteiger partial charge is 0.152 e. The van der Waals surface area contributed by atoms with Crippen LogP contribution in [0.1, 0.15) is 11.3 Å². The lowest BCUT2D eigenvalue weighted by atomic mass is 10.2. The first-order valence-corrected chi connectivity index (χ1v) is 5.35. The summed E-state index contributed by atoms with van der Waals surface area (Å²) in [6, 6.07) is 1.28. The van der Waals surface area contributed by atoms with Crippen molar-refractivity contribution >= 4 is 5.69 Å². The second-order valence-corrected chi connectivity index (χ2v) is 3.98. The maximum Gasteiger partial charge on any atom is 0.152 e. The molecule has 0 fully saturated rings. The Morgan fingerprint density at radius 1 is 1.22 bits per heavy atom. The fourth-order valence-electron chi connectivity index (χ4n) is 1.61. The molecule has 2 rings (SSSR count). The third kappa shape index (κ3) is 2.32. The minimum absolute atomic E-state index is 0.221. The summed E-state index contributed by atoms with van der Waals surface area (Å²) >= 11 is 0. The first-order chi connectivity index (χ1) is 8.49. The summed E-state index contributed by atoms with van der Waals surface area (Å²) in [7, 11) is 1.78. The standard InChI is InChI=1S/C12H12F3N3/c1-7-8(6-17-18(7)2)5-16-12-10(14)3-9(13)4-11(12)15/h3-4,6,16H,5H2,1-2H3. The van der Waals surface area contributed by atoms with Gasteiger partial charge < -0.3 is 5.32 Å². The zero-order valence-corrected chi connectivity index (χ0v) is 9.97. The van der Waals surface area contributed by atoms with E-state index in [0.29, 0.717) is 12.1 Å². The highest BCUT2D eigenvalue weighted by Crippen LogP contribution is 2.21. The molecule has 0 amide bonds. The molecule has 0 atom stereocenters. The molecule has 6 heteroatoms. The van der Waals surface area contributed by atoms with E-state index in [-0.39, 0.29) is 12.2 Å². The van der Waals surface area contributed by atoms with Gasteiger partial charge >= 0.3 is 0 Å². The van der Waals surface area contributed by atoms with Crippen molar-refractivity contribution in [3.8, 4) is 0 Å². The van der Waals surface area contributed by atoms with Crippen molar-refractivity contribution in [2.45, 2.75) is 13.5 Å². The van der Waals surface area contributed by atoms with E-state index in [1.807, 2.05) is 6.92 Å². The van der Waals surface area contributed by atoms with Crippen LogP contribution >= 0.6 is 0 Å². The number of benzene rings is 1. The van der Waals surface area contributed by atoms with Gasteiger partial charge in [0.15, 0.2) is 11.6 Å². The van der Waals surface area contributed by atoms with Crippen LogP contribution < -0.4 is 5.32 Å². The predicted molar refractivity (Wildman–Crippen MR) is 61.6 cm³/mol. The molecule has 0 aliphatic heterocycles. The molecular weight excluding hydrogens is 243 g/mol. The highest BCUT2D eigenvalue weighted by Gasteiger charge is 2.12. The molecule has 1 heterocycles. The number of hydrogen-bond donors (Lipinski definition) is 1. The average Bonchev–Trinajstić information content (AvgIpc) is 2.59. The summed E-state index contributed by atoms with van der Waals surface area (Å²) in [6.45, 7) is 2.07. The van der Waals surface area contributed by atoms with Gasteiger partial charge in [0.2, 0.25) is 0 Å². The molecule has 2 aromatic rings. The number of rotatable bonds is 3. The number of nitrogens with zero attached hydrogens (tertiary/aromatic N) is 2. The second kappa shape index (κ2) is 4.72. The van der Waals surface area contributed by atoms with E-state index in [9.17, 15) is 13.2 Å². The molecule has 0 aliphatic rings. The van der Waals surface area contributed by atoms with Crippen molar-refractivity contribution in [2.75, 3.05) is 5.32 Å². The molecule has 1 aromatic heterocycles. The van der Waals surface area contributed by atoms with Crippen LogP contribution in [0.25, 0.3) is 0 Å². The van der Waals surface area contributed by atoms with E-state index in [1.54, 1.807) is 17.9 Å². The molecule has 0 aliphatic carbocycles. The molecule has 18 heavy (non-hydrogen) atoms. The number of nitrogens with one attached hydrogen (secondary N) is 1. The van der Waals surface area contributed by atoms with E-state index >= 15 is 0 Å². The van der Waals surface area contributed by atoms with E-state index in [4.69, 9.17) is 0 Å². The normalized spacial score (nSPS) is 10.7. The lowest BCUT2D eigenvalue weighted by molar-refractivity contribution is 0.547. The van der Waals surface area contributed by atoms with Crippen LogP contribution in [0.5, 0.6) is 0 Å². The highest BCUT2D eigenvalue weighted by molar-refractivity contribution is 5.47. The Balaban J connectivity index is 2.18. The van der Waals surface area contributed by atoms with Crippen LogP contribution in [0, 0.1) is 24.4 Å². The largest absolute Gasteiger partial charge is 0.376 e. The molecule has 1 aromatic carbocycles. The Labute approximate surface area is 102 Å². The van der Waals surface area contributed by atoms with E-state index in [1.165, 1.54) is 0 Å². The summed E-state index contributed by atoms with van der Waals surface area (Å²) in [4.78, 5) is 0. The van der Waals surface area contributed by atoms with Crippen LogP contribution in [0.2, 0.25) is 0 Å². The van der Waals surface area contributed by atoms with Gasteiger partial charge in [-0.25, -0.2) is 13.2 Å². The van der Waals surface area contributed by atoms with E-state index in [0.717, 1.165) is 11.3 Å². The molecule has 0 radical (unpaired) electrons. The number of hydrogen-bond acceptors (Lipinski definition) is 2. The zero-order valence-electron chi connectivity index (χ0n) is 9.97. The monoisotopic (exact) mass is 255 g/mol. The molecule has 0 saturated carbocycles. The van der Waals surface area contributed by atoms with Crippen LogP contribution in [0.4, 0.5) is 18.9 Å². The second-order valence-electron chi connectivity index (χ2n) is 3.98. The lowest BCUT2D eigenvalue weighted by Gasteiger charge is -2.08. The Bertz CT molecular complexity index is 555. The molecule has 1 N–H and O–H groups in total. The molecule has 3 nitrogen and oxygen atoms in total. The topological polar surface area (TPSA) is 29.9 Å². The Morgan fingerprint density at radius 3 is 2.33 bits per heavy atom. The van der Waals surface area contributed by atoms with Gasteiger partial charge in [0.25, 0.3) is 0 Å². The summed E-state index contributed by atoms with van der Waals surface area (Å²) < 4.78 is 41.1. The van der Waals surface area contributed by atoms with E-state index in [2.05, 4.69) is 10.4 Å². The quantitative estimate of drug-likeness (QED) is 0.914. The van der Waals surface area contributed by atoms with Crippen molar-refractivity contribution in [3.05, 3.63) is 47.0 Å². The van der Waals surface area contributed by atoms with E-state index < -0.39 is 17.5 Å². The van der Waals surface area contributed by atoms with Gasteiger partial charge in [0.1, 0.15) is 11.5 Å². The van der Waals surface area contributed by atoms with Crippen molar-refractivity contribution in [1.29, 1.82) is 0 Å². The Kier molecular flexibility index (Phi) is 3.27. The van der Waals surface area contributed by atoms with Gasteiger partial charge in [-0.2, -0.15) is 5.10 Å². The van der Waals surface area contributed by atoms with Crippen LogP contribution in [-0.2, 0) is 13.6 Å². The molecular formula is C12H12F3N3. The summed E-state index contributed by atoms with van der Waals surface area (Å²) in [5.74, 6) is -2.84. The fourth-order valence-corrected chi connectivity index (χ4v) is 1.61. The molecule has 96 valence electrons. The third-order valence-electron chi connectivity index (χ3n) is 2.80. The van der Waals surface area contributed by atoms with Gasteiger partial charge in [-0.15, -0.1) is 0 Å². The summed E-state index contributed by atoms with van der Waals surface area (Å²) in [5, 5.41) is 6.63. The molecule has 0 saturated heterocycles. The number of aryl methyl sites for hydroxylation is 1. The number of halogens is 3. The van der Waals surface area contributed by atoms with Crippen LogP contribution in [0.3, 0.4) is 0 Å². The summed E-state index contributed by atoms with van der Waals surface area (Å²) in [6.07, 6.45) is 1.61. The SMILES string of the molecule is Cc1c(CNc2c(F)cc(F)cc2F)cnn1C. The predicted octanol–water partition coefficient (Wildman–Crippen LogP) is 2.76. The minimum Gasteiger partial charge on any atom is -0.376 e. The van der Waals surface area contributed by atoms with Crippen LogP contribution in [0.15, 0.2) is 18.3 Å². The maximum absolute atomic E-state index is 13.4.